The second kappa shape index (κ2) is 9.89. The summed E-state index contributed by atoms with van der Waals surface area (Å²) in [6.07, 6.45) is 2.44. The van der Waals surface area contributed by atoms with Crippen molar-refractivity contribution < 1.29 is 37.3 Å². The molecule has 0 aromatic rings. The zero-order chi connectivity index (χ0) is 20.8. The number of carboxylic acid groups (broad SMARTS) is 1. The van der Waals surface area contributed by atoms with Crippen molar-refractivity contribution in [2.75, 3.05) is 39.9 Å². The molecule has 1 spiro atoms. The molecule has 0 aromatic carbocycles. The van der Waals surface area contributed by atoms with E-state index in [0.717, 1.165) is 38.3 Å². The van der Waals surface area contributed by atoms with Gasteiger partial charge in [0.05, 0.1) is 18.3 Å². The van der Waals surface area contributed by atoms with E-state index in [0.29, 0.717) is 6.61 Å². The van der Waals surface area contributed by atoms with Gasteiger partial charge in [-0.1, -0.05) is 6.42 Å². The molecule has 0 aromatic heterocycles. The third-order valence-electron chi connectivity index (χ3n) is 5.65. The Bertz CT molecular complexity index is 532. The van der Waals surface area contributed by atoms with Crippen molar-refractivity contribution in [2.45, 2.75) is 56.4 Å². The number of nitrogens with zero attached hydrogens (tertiary/aromatic N) is 1. The number of ether oxygens (including phenoxy) is 2. The summed E-state index contributed by atoms with van der Waals surface area (Å²) in [6, 6.07) is 0. The van der Waals surface area contributed by atoms with Crippen LogP contribution in [0.2, 0.25) is 0 Å². The van der Waals surface area contributed by atoms with Crippen LogP contribution in [0, 0.1) is 5.92 Å². The first-order valence-electron chi connectivity index (χ1n) is 9.62. The Hall–Kier alpha value is -1.39. The Morgan fingerprint density at radius 2 is 1.89 bits per heavy atom. The van der Waals surface area contributed by atoms with E-state index in [9.17, 15) is 18.0 Å². The van der Waals surface area contributed by atoms with Crippen molar-refractivity contribution in [3.63, 3.8) is 0 Å². The average Bonchev–Trinajstić information content (AvgIpc) is 3.00. The van der Waals surface area contributed by atoms with Gasteiger partial charge in [-0.3, -0.25) is 4.79 Å². The molecule has 2 N–H and O–H groups in total. The number of piperidine rings is 1. The number of aliphatic carboxylic acids is 1. The first-order valence-corrected chi connectivity index (χ1v) is 9.62. The third-order valence-corrected chi connectivity index (χ3v) is 5.65. The highest BCUT2D eigenvalue weighted by atomic mass is 19.4. The van der Waals surface area contributed by atoms with E-state index in [1.807, 2.05) is 0 Å². The quantitative estimate of drug-likeness (QED) is 0.719. The van der Waals surface area contributed by atoms with E-state index < -0.39 is 12.1 Å². The second-order valence-electron chi connectivity index (χ2n) is 7.70. The van der Waals surface area contributed by atoms with Gasteiger partial charge in [0.25, 0.3) is 0 Å². The standard InChI is InChI=1S/C16H28N2O3.C2HF3O2/c1-17-15(19)12-20-14-9-16(21-11-14)5-7-18(8-6-16)10-13-3-2-4-13;3-2(4,5)1(6)7/h13-14H,2-12H2,1H3,(H,17,19);(H,6,7). The van der Waals surface area contributed by atoms with Crippen molar-refractivity contribution in [3.05, 3.63) is 0 Å². The second-order valence-corrected chi connectivity index (χ2v) is 7.70. The van der Waals surface area contributed by atoms with Crippen molar-refractivity contribution in [3.8, 4) is 0 Å². The number of rotatable bonds is 5. The average molecular weight is 410 g/mol. The lowest BCUT2D eigenvalue weighted by Crippen LogP contribution is -2.46. The summed E-state index contributed by atoms with van der Waals surface area (Å²) in [5.41, 5.74) is 0.0173. The van der Waals surface area contributed by atoms with E-state index in [2.05, 4.69) is 10.2 Å². The molecule has 1 aliphatic carbocycles. The summed E-state index contributed by atoms with van der Waals surface area (Å²) in [6.45, 7) is 4.37. The van der Waals surface area contributed by atoms with Gasteiger partial charge >= 0.3 is 12.1 Å². The Balaban J connectivity index is 0.000000345. The van der Waals surface area contributed by atoms with Gasteiger partial charge in [-0.15, -0.1) is 0 Å². The number of carboxylic acids is 1. The minimum Gasteiger partial charge on any atom is -0.475 e. The molecule has 1 unspecified atom stereocenters. The molecular formula is C18H29F3N2O5. The molecule has 2 aliphatic heterocycles. The molecule has 2 saturated heterocycles. The lowest BCUT2D eigenvalue weighted by Gasteiger charge is -2.41. The van der Waals surface area contributed by atoms with Crippen molar-refractivity contribution in [2.24, 2.45) is 5.92 Å². The summed E-state index contributed by atoms with van der Waals surface area (Å²) in [4.78, 5) is 22.7. The molecule has 7 nitrogen and oxygen atoms in total. The Morgan fingerprint density at radius 3 is 2.36 bits per heavy atom. The van der Waals surface area contributed by atoms with Gasteiger partial charge in [-0.25, -0.2) is 4.79 Å². The number of halogens is 3. The fourth-order valence-electron chi connectivity index (χ4n) is 3.71. The number of carbonyl (C=O) groups is 2. The normalized spacial score (nSPS) is 24.9. The number of hydrogen-bond donors (Lipinski definition) is 2. The van der Waals surface area contributed by atoms with Crippen LogP contribution < -0.4 is 5.32 Å². The summed E-state index contributed by atoms with van der Waals surface area (Å²) in [5, 5.41) is 9.71. The monoisotopic (exact) mass is 410 g/mol. The smallest absolute Gasteiger partial charge is 0.475 e. The molecule has 3 rings (SSSR count). The summed E-state index contributed by atoms with van der Waals surface area (Å²) in [5.74, 6) is -1.87. The van der Waals surface area contributed by atoms with Crippen LogP contribution in [0.5, 0.6) is 0 Å². The van der Waals surface area contributed by atoms with Gasteiger partial charge in [0.2, 0.25) is 5.91 Å². The van der Waals surface area contributed by atoms with E-state index >= 15 is 0 Å². The summed E-state index contributed by atoms with van der Waals surface area (Å²) in [7, 11) is 1.64. The summed E-state index contributed by atoms with van der Waals surface area (Å²) >= 11 is 0. The number of nitrogens with one attached hydrogen (secondary N) is 1. The third kappa shape index (κ3) is 6.89. The molecule has 10 heteroatoms. The topological polar surface area (TPSA) is 88.1 Å². The maximum Gasteiger partial charge on any atom is 0.490 e. The molecule has 28 heavy (non-hydrogen) atoms. The van der Waals surface area contributed by atoms with Crippen LogP contribution in [0.15, 0.2) is 0 Å². The van der Waals surface area contributed by atoms with Crippen LogP contribution in [0.4, 0.5) is 13.2 Å². The number of likely N-dealkylation sites (tertiary alicyclic amines) is 1. The molecule has 0 bridgehead atoms. The highest BCUT2D eigenvalue weighted by Crippen LogP contribution is 2.38. The molecule has 162 valence electrons. The van der Waals surface area contributed by atoms with Crippen LogP contribution in [0.3, 0.4) is 0 Å². The van der Waals surface area contributed by atoms with E-state index in [1.54, 1.807) is 7.05 Å². The van der Waals surface area contributed by atoms with Gasteiger partial charge in [0.15, 0.2) is 0 Å². The molecular weight excluding hydrogens is 381 g/mol. The minimum absolute atomic E-state index is 0.0173. The lowest BCUT2D eigenvalue weighted by atomic mass is 9.83. The molecule has 2 heterocycles. The first-order chi connectivity index (χ1) is 13.1. The van der Waals surface area contributed by atoms with Crippen molar-refractivity contribution >= 4 is 11.9 Å². The van der Waals surface area contributed by atoms with Gasteiger partial charge in [0, 0.05) is 33.1 Å². The van der Waals surface area contributed by atoms with Crippen LogP contribution in [-0.4, -0.2) is 79.7 Å². The van der Waals surface area contributed by atoms with Crippen LogP contribution >= 0.6 is 0 Å². The molecule has 3 fully saturated rings. The predicted octanol–water partition coefficient (Wildman–Crippen LogP) is 1.81. The van der Waals surface area contributed by atoms with Gasteiger partial charge in [-0.05, 0) is 31.6 Å². The first kappa shape index (κ1) is 22.9. The Kier molecular flexibility index (Phi) is 8.08. The Labute approximate surface area is 162 Å². The molecule has 1 saturated carbocycles. The number of likely N-dealkylation sites (N-methyl/N-ethyl adjacent to an activating group) is 1. The summed E-state index contributed by atoms with van der Waals surface area (Å²) < 4.78 is 43.5. The molecule has 1 amide bonds. The largest absolute Gasteiger partial charge is 0.490 e. The zero-order valence-corrected chi connectivity index (χ0v) is 16.1. The van der Waals surface area contributed by atoms with Crippen LogP contribution in [0.25, 0.3) is 0 Å². The predicted molar refractivity (Wildman–Crippen MR) is 93.8 cm³/mol. The molecule has 0 radical (unpaired) electrons. The number of alkyl halides is 3. The zero-order valence-electron chi connectivity index (χ0n) is 16.1. The number of amides is 1. The van der Waals surface area contributed by atoms with E-state index in [-0.39, 0.29) is 24.2 Å². The Morgan fingerprint density at radius 1 is 1.29 bits per heavy atom. The van der Waals surface area contributed by atoms with Gasteiger partial charge < -0.3 is 24.8 Å². The SMILES string of the molecule is CNC(=O)COC1COC2(CCN(CC3CCC3)CC2)C1.O=C(O)C(F)(F)F. The van der Waals surface area contributed by atoms with Gasteiger partial charge in [0.1, 0.15) is 6.61 Å². The van der Waals surface area contributed by atoms with Crippen molar-refractivity contribution in [1.29, 1.82) is 0 Å². The highest BCUT2D eigenvalue weighted by Gasteiger charge is 2.43. The fraction of sp³-hybridized carbons (Fsp3) is 0.889. The number of carbonyl (C=O) groups excluding carboxylic acids is 1. The van der Waals surface area contributed by atoms with E-state index in [1.165, 1.54) is 25.8 Å². The lowest BCUT2D eigenvalue weighted by molar-refractivity contribution is -0.192. The molecule has 1 atom stereocenters. The van der Waals surface area contributed by atoms with Crippen LogP contribution in [0.1, 0.15) is 38.5 Å². The van der Waals surface area contributed by atoms with E-state index in [4.69, 9.17) is 19.4 Å². The van der Waals surface area contributed by atoms with Crippen molar-refractivity contribution in [1.82, 2.24) is 10.2 Å². The maximum atomic E-state index is 11.2. The van der Waals surface area contributed by atoms with Crippen LogP contribution in [-0.2, 0) is 19.1 Å². The fourth-order valence-corrected chi connectivity index (χ4v) is 3.71. The molecule has 3 aliphatic rings. The minimum atomic E-state index is -5.08. The van der Waals surface area contributed by atoms with Gasteiger partial charge in [-0.2, -0.15) is 13.2 Å². The maximum absolute atomic E-state index is 11.2. The highest BCUT2D eigenvalue weighted by molar-refractivity contribution is 5.76. The number of hydrogen-bond acceptors (Lipinski definition) is 5.